The Balaban J connectivity index is 0.000000810. The average Bonchev–Trinajstić information content (AvgIpc) is 2.15. The molecule has 1 amide bonds. The molecule has 0 aliphatic carbocycles. The summed E-state index contributed by atoms with van der Waals surface area (Å²) in [6, 6.07) is 0. The molecule has 1 rings (SSSR count). The lowest BCUT2D eigenvalue weighted by Gasteiger charge is -1.85. The van der Waals surface area contributed by atoms with Gasteiger partial charge in [0.15, 0.2) is 0 Å². The van der Waals surface area contributed by atoms with E-state index in [-0.39, 0.29) is 24.7 Å². The number of rotatable bonds is 2. The zero-order chi connectivity index (χ0) is 6.69. The van der Waals surface area contributed by atoms with Gasteiger partial charge >= 0.3 is 0 Å². The van der Waals surface area contributed by atoms with Crippen molar-refractivity contribution in [2.45, 2.75) is 6.42 Å². The van der Waals surface area contributed by atoms with E-state index in [0.717, 1.165) is 5.01 Å². The summed E-state index contributed by atoms with van der Waals surface area (Å²) in [6.07, 6.45) is 1.92. The van der Waals surface area contributed by atoms with E-state index >= 15 is 0 Å². The quantitative estimate of drug-likeness (QED) is 0.721. The van der Waals surface area contributed by atoms with Crippen LogP contribution in [0.1, 0.15) is 5.01 Å². The molecule has 0 aromatic carbocycles. The van der Waals surface area contributed by atoms with E-state index < -0.39 is 0 Å². The first-order valence-electron chi connectivity index (χ1n) is 2.45. The third-order valence-electron chi connectivity index (χ3n) is 0.809. The van der Waals surface area contributed by atoms with Crippen LogP contribution in [0.3, 0.4) is 0 Å². The molecule has 0 aliphatic rings. The van der Waals surface area contributed by atoms with Crippen LogP contribution in [-0.2, 0) is 11.2 Å². The van der Waals surface area contributed by atoms with Crippen LogP contribution in [0.5, 0.6) is 0 Å². The Bertz CT molecular complexity index is 199. The summed E-state index contributed by atoms with van der Waals surface area (Å²) in [7, 11) is 0. The fourth-order valence-electron chi connectivity index (χ4n) is 0.489. The number of hydrogen-bond acceptors (Lipinski definition) is 3. The van der Waals surface area contributed by atoms with Crippen molar-refractivity contribution in [3.05, 3.63) is 16.6 Å². The smallest absolute Gasteiger partial charge is 0.224 e. The molecular weight excluding hydrogens is 172 g/mol. The predicted molar refractivity (Wildman–Crippen MR) is 42.3 cm³/mol. The van der Waals surface area contributed by atoms with Gasteiger partial charge in [-0.1, -0.05) is 0 Å². The molecule has 0 aliphatic heterocycles. The van der Waals surface area contributed by atoms with Crippen LogP contribution in [0.2, 0.25) is 0 Å². The van der Waals surface area contributed by atoms with Crippen LogP contribution in [0, 0.1) is 0 Å². The summed E-state index contributed by atoms with van der Waals surface area (Å²) in [6.45, 7) is 0. The van der Waals surface area contributed by atoms with Gasteiger partial charge in [-0.15, -0.1) is 23.7 Å². The van der Waals surface area contributed by atoms with Crippen molar-refractivity contribution >= 4 is 29.7 Å². The summed E-state index contributed by atoms with van der Waals surface area (Å²) < 4.78 is 0. The van der Waals surface area contributed by atoms with Gasteiger partial charge in [0.25, 0.3) is 0 Å². The molecule has 5 heteroatoms. The summed E-state index contributed by atoms with van der Waals surface area (Å²) in [5.41, 5.74) is 4.91. The first kappa shape index (κ1) is 9.39. The third kappa shape index (κ3) is 2.80. The lowest BCUT2D eigenvalue weighted by atomic mass is 10.4. The molecule has 0 atom stereocenters. The average molecular weight is 179 g/mol. The van der Waals surface area contributed by atoms with E-state index in [1.54, 1.807) is 6.20 Å². The molecule has 2 N–H and O–H groups in total. The van der Waals surface area contributed by atoms with Crippen LogP contribution >= 0.6 is 23.7 Å². The van der Waals surface area contributed by atoms with E-state index in [1.165, 1.54) is 11.3 Å². The van der Waals surface area contributed by atoms with Gasteiger partial charge in [0, 0.05) is 11.6 Å². The zero-order valence-corrected chi connectivity index (χ0v) is 6.74. The summed E-state index contributed by atoms with van der Waals surface area (Å²) in [4.78, 5) is 14.1. The predicted octanol–water partition coefficient (Wildman–Crippen LogP) is 0.593. The second-order valence-electron chi connectivity index (χ2n) is 1.57. The monoisotopic (exact) mass is 178 g/mol. The first-order chi connectivity index (χ1) is 4.29. The molecule has 1 aromatic rings. The Kier molecular flexibility index (Phi) is 3.99. The minimum absolute atomic E-state index is 0. The van der Waals surface area contributed by atoms with Crippen molar-refractivity contribution in [3.8, 4) is 0 Å². The Morgan fingerprint density at radius 2 is 2.50 bits per heavy atom. The number of aromatic nitrogens is 1. The maximum absolute atomic E-state index is 10.3. The zero-order valence-electron chi connectivity index (χ0n) is 5.11. The van der Waals surface area contributed by atoms with Crippen molar-refractivity contribution in [1.29, 1.82) is 0 Å². The first-order valence-corrected chi connectivity index (χ1v) is 3.33. The highest BCUT2D eigenvalue weighted by atomic mass is 35.5. The standard InChI is InChI=1S/C5H6N2OS.ClH/c6-4(8)3-5-7-1-2-9-5;/h1-2H,3H2,(H2,6,8);1H. The van der Waals surface area contributed by atoms with Crippen LogP contribution in [0.25, 0.3) is 0 Å². The van der Waals surface area contributed by atoms with Crippen LogP contribution in [0.15, 0.2) is 11.6 Å². The van der Waals surface area contributed by atoms with Gasteiger partial charge < -0.3 is 5.73 Å². The minimum atomic E-state index is -0.329. The molecule has 0 radical (unpaired) electrons. The molecule has 0 saturated carbocycles. The number of hydrogen-bond donors (Lipinski definition) is 1. The van der Waals surface area contributed by atoms with Crippen molar-refractivity contribution < 1.29 is 4.79 Å². The van der Waals surface area contributed by atoms with Gasteiger partial charge in [-0.25, -0.2) is 4.98 Å². The highest BCUT2D eigenvalue weighted by molar-refractivity contribution is 7.09. The maximum Gasteiger partial charge on any atom is 0.224 e. The number of nitrogens with zero attached hydrogens (tertiary/aromatic N) is 1. The number of carbonyl (C=O) groups excluding carboxylic acids is 1. The van der Waals surface area contributed by atoms with Crippen molar-refractivity contribution in [1.82, 2.24) is 4.98 Å². The van der Waals surface area contributed by atoms with Gasteiger partial charge in [-0.3, -0.25) is 4.79 Å². The molecule has 0 unspecified atom stereocenters. The number of carbonyl (C=O) groups is 1. The maximum atomic E-state index is 10.3. The van der Waals surface area contributed by atoms with E-state index in [9.17, 15) is 4.79 Å². The molecule has 0 spiro atoms. The molecule has 10 heavy (non-hydrogen) atoms. The third-order valence-corrected chi connectivity index (χ3v) is 1.59. The highest BCUT2D eigenvalue weighted by Crippen LogP contribution is 2.02. The Morgan fingerprint density at radius 1 is 1.80 bits per heavy atom. The second-order valence-corrected chi connectivity index (χ2v) is 2.55. The van der Waals surface area contributed by atoms with Crippen LogP contribution in [-0.4, -0.2) is 10.9 Å². The number of primary amides is 1. The van der Waals surface area contributed by atoms with Gasteiger partial charge in [0.2, 0.25) is 5.91 Å². The molecule has 0 fully saturated rings. The largest absolute Gasteiger partial charge is 0.369 e. The summed E-state index contributed by atoms with van der Waals surface area (Å²) in [5, 5.41) is 2.60. The van der Waals surface area contributed by atoms with E-state index in [2.05, 4.69) is 4.98 Å². The van der Waals surface area contributed by atoms with E-state index in [4.69, 9.17) is 5.73 Å². The number of amides is 1. The van der Waals surface area contributed by atoms with Crippen LogP contribution < -0.4 is 5.73 Å². The fourth-order valence-corrected chi connectivity index (χ4v) is 1.12. The van der Waals surface area contributed by atoms with Gasteiger partial charge in [-0.2, -0.15) is 0 Å². The highest BCUT2D eigenvalue weighted by Gasteiger charge is 1.98. The normalized spacial score (nSPS) is 8.40. The molecule has 1 heterocycles. The van der Waals surface area contributed by atoms with Crippen LogP contribution in [0.4, 0.5) is 0 Å². The van der Waals surface area contributed by atoms with E-state index in [0.29, 0.717) is 0 Å². The summed E-state index contributed by atoms with van der Waals surface area (Å²) >= 11 is 1.44. The number of nitrogens with two attached hydrogens (primary N) is 1. The lowest BCUT2D eigenvalue weighted by Crippen LogP contribution is -2.13. The van der Waals surface area contributed by atoms with E-state index in [1.807, 2.05) is 5.38 Å². The van der Waals surface area contributed by atoms with Crippen molar-refractivity contribution in [2.24, 2.45) is 5.73 Å². The fraction of sp³-hybridized carbons (Fsp3) is 0.200. The number of thiazole rings is 1. The molecule has 0 saturated heterocycles. The second kappa shape index (κ2) is 4.24. The van der Waals surface area contributed by atoms with Crippen molar-refractivity contribution in [2.75, 3.05) is 0 Å². The Labute approximate surface area is 68.7 Å². The molecular formula is C5H7ClN2OS. The Morgan fingerprint density at radius 3 is 2.90 bits per heavy atom. The Hall–Kier alpha value is -0.610. The number of halogens is 1. The molecule has 56 valence electrons. The minimum Gasteiger partial charge on any atom is -0.369 e. The molecule has 3 nitrogen and oxygen atoms in total. The SMILES string of the molecule is Cl.NC(=O)Cc1nccs1. The molecule has 1 aromatic heterocycles. The van der Waals surface area contributed by atoms with Gasteiger partial charge in [0.1, 0.15) is 5.01 Å². The lowest BCUT2D eigenvalue weighted by molar-refractivity contribution is -0.117. The molecule has 0 bridgehead atoms. The topological polar surface area (TPSA) is 56.0 Å². The van der Waals surface area contributed by atoms with Gasteiger partial charge in [0.05, 0.1) is 6.42 Å². The van der Waals surface area contributed by atoms with Crippen molar-refractivity contribution in [3.63, 3.8) is 0 Å². The summed E-state index contributed by atoms with van der Waals surface area (Å²) in [5.74, 6) is -0.329. The van der Waals surface area contributed by atoms with Gasteiger partial charge in [-0.05, 0) is 0 Å².